The molecule has 8 aromatic rings. The van der Waals surface area contributed by atoms with Crippen molar-refractivity contribution in [2.45, 2.75) is 27.7 Å². The zero-order valence-corrected chi connectivity index (χ0v) is 28.5. The van der Waals surface area contributed by atoms with Crippen LogP contribution < -0.4 is 0 Å². The zero-order chi connectivity index (χ0) is 31.1. The van der Waals surface area contributed by atoms with Gasteiger partial charge in [0, 0.05) is 74.3 Å². The molecule has 0 unspecified atom stereocenters. The molecule has 8 nitrogen and oxygen atoms in total. The molecule has 1 radical (unpaired) electrons. The Morgan fingerprint density at radius 3 is 1.96 bits per heavy atom. The van der Waals surface area contributed by atoms with E-state index in [2.05, 4.69) is 105 Å². The number of nitrogens with zero attached hydrogens (tertiary/aromatic N) is 7. The van der Waals surface area contributed by atoms with Crippen molar-refractivity contribution < 1.29 is 24.5 Å². The monoisotopic (exact) mass is 782 g/mol. The maximum atomic E-state index is 5.53. The van der Waals surface area contributed by atoms with E-state index in [-0.39, 0.29) is 20.1 Å². The standard InChI is InChI=1S/C19H17N4.C18H14N3O.Ir/c1-13-5-4-6-14(2)18(13)23-10-9-20-19(23)15-7-8-17-16(11-15)21-12-22(17)3;1-12-5-3-6-13(2)16(12)21-10-9-19-18(21)14-7-4-8-15-17(14)22-11-20-15;/h4-6,8-12H,1-3H3;3-6,8-11H,1-2H3;/q2*-1;. The minimum Gasteiger partial charge on any atom is -0.490 e. The number of imidazole rings is 3. The minimum absolute atomic E-state index is 0. The van der Waals surface area contributed by atoms with Crippen LogP contribution in [0.2, 0.25) is 0 Å². The summed E-state index contributed by atoms with van der Waals surface area (Å²) in [5.74, 6) is 1.69. The van der Waals surface area contributed by atoms with Gasteiger partial charge >= 0.3 is 0 Å². The number of aromatic nitrogens is 7. The molecule has 0 fully saturated rings. The van der Waals surface area contributed by atoms with E-state index in [1.54, 1.807) is 6.20 Å². The van der Waals surface area contributed by atoms with Crippen LogP contribution in [0.1, 0.15) is 22.3 Å². The van der Waals surface area contributed by atoms with Crippen LogP contribution in [0.4, 0.5) is 0 Å². The number of oxazole rings is 1. The first kappa shape index (κ1) is 30.9. The van der Waals surface area contributed by atoms with E-state index >= 15 is 0 Å². The normalized spacial score (nSPS) is 11.0. The third-order valence-corrected chi connectivity index (χ3v) is 8.06. The van der Waals surface area contributed by atoms with E-state index in [1.165, 1.54) is 34.3 Å². The van der Waals surface area contributed by atoms with Crippen LogP contribution in [-0.4, -0.2) is 33.6 Å². The van der Waals surface area contributed by atoms with Crippen molar-refractivity contribution in [1.82, 2.24) is 33.6 Å². The van der Waals surface area contributed by atoms with Crippen LogP contribution in [0.25, 0.3) is 56.3 Å². The summed E-state index contributed by atoms with van der Waals surface area (Å²) in [6.45, 7) is 8.45. The summed E-state index contributed by atoms with van der Waals surface area (Å²) < 4.78 is 11.7. The first-order chi connectivity index (χ1) is 21.9. The summed E-state index contributed by atoms with van der Waals surface area (Å²) in [6, 6.07) is 26.9. The Bertz CT molecular complexity index is 2270. The summed E-state index contributed by atoms with van der Waals surface area (Å²) in [4.78, 5) is 17.7. The van der Waals surface area contributed by atoms with Gasteiger partial charge in [-0.15, -0.1) is 42.0 Å². The molecule has 0 saturated carbocycles. The molecule has 0 aliphatic carbocycles. The number of benzene rings is 4. The zero-order valence-electron chi connectivity index (χ0n) is 26.1. The van der Waals surface area contributed by atoms with Crippen LogP contribution >= 0.6 is 0 Å². The van der Waals surface area contributed by atoms with Gasteiger partial charge in [0.05, 0.1) is 23.6 Å². The Hall–Kier alpha value is -5.11. The SMILES string of the molecule is Cc1cccc(C)c1-n1ccnc1-c1[c-]cc2c(c1)ncn2C.Cc1cccc(C)c1-n1ccnc1-c1[c-]ccc2ncoc12.[Ir]. The van der Waals surface area contributed by atoms with Gasteiger partial charge in [-0.3, -0.25) is 15.0 Å². The fourth-order valence-corrected chi connectivity index (χ4v) is 5.92. The molecule has 4 aromatic heterocycles. The second kappa shape index (κ2) is 12.7. The molecule has 0 spiro atoms. The summed E-state index contributed by atoms with van der Waals surface area (Å²) in [6.07, 6.45) is 10.9. The van der Waals surface area contributed by atoms with Crippen molar-refractivity contribution >= 4 is 22.1 Å². The second-order valence-electron chi connectivity index (χ2n) is 11.1. The van der Waals surface area contributed by atoms with Gasteiger partial charge in [0.25, 0.3) is 0 Å². The van der Waals surface area contributed by atoms with Crippen LogP contribution in [0, 0.1) is 39.8 Å². The first-order valence-electron chi connectivity index (χ1n) is 14.7. The largest absolute Gasteiger partial charge is 0.490 e. The molecule has 0 saturated heterocycles. The topological polar surface area (TPSA) is 79.5 Å². The molecule has 0 amide bonds. The molecule has 0 aliphatic heterocycles. The fraction of sp³-hybridized carbons (Fsp3) is 0.135. The van der Waals surface area contributed by atoms with Gasteiger partial charge in [-0.1, -0.05) is 42.0 Å². The number of hydrogen-bond acceptors (Lipinski definition) is 5. The van der Waals surface area contributed by atoms with Crippen LogP contribution in [-0.2, 0) is 27.2 Å². The Kier molecular flexibility index (Phi) is 8.54. The van der Waals surface area contributed by atoms with Crippen molar-refractivity contribution in [1.29, 1.82) is 0 Å². The van der Waals surface area contributed by atoms with Crippen LogP contribution in [0.5, 0.6) is 0 Å². The fourth-order valence-electron chi connectivity index (χ4n) is 5.92. The third kappa shape index (κ3) is 5.48. The Balaban J connectivity index is 0.000000158. The van der Waals surface area contributed by atoms with E-state index in [0.717, 1.165) is 45.0 Å². The molecule has 4 heterocycles. The molecule has 4 aromatic carbocycles. The molecule has 0 bridgehead atoms. The number of para-hydroxylation sites is 2. The van der Waals surface area contributed by atoms with Gasteiger partial charge in [0.15, 0.2) is 6.39 Å². The minimum atomic E-state index is 0. The van der Waals surface area contributed by atoms with Crippen molar-refractivity contribution in [3.05, 3.63) is 133 Å². The van der Waals surface area contributed by atoms with Crippen LogP contribution in [0.15, 0.2) is 103 Å². The van der Waals surface area contributed by atoms with E-state index < -0.39 is 0 Å². The van der Waals surface area contributed by atoms with Crippen molar-refractivity contribution in [3.63, 3.8) is 0 Å². The van der Waals surface area contributed by atoms with Crippen molar-refractivity contribution in [2.24, 2.45) is 7.05 Å². The van der Waals surface area contributed by atoms with Gasteiger partial charge in [-0.05, 0) is 55.5 Å². The summed E-state index contributed by atoms with van der Waals surface area (Å²) in [5, 5.41) is 0. The molecule has 0 atom stereocenters. The third-order valence-electron chi connectivity index (χ3n) is 8.06. The van der Waals surface area contributed by atoms with Crippen molar-refractivity contribution in [2.75, 3.05) is 0 Å². The predicted octanol–water partition coefficient (Wildman–Crippen LogP) is 7.94. The molecular formula is C37H31IrN7O-2. The van der Waals surface area contributed by atoms with E-state index in [1.807, 2.05) is 60.8 Å². The number of fused-ring (bicyclic) bond motifs is 2. The maximum Gasteiger partial charge on any atom is 0.169 e. The van der Waals surface area contributed by atoms with Gasteiger partial charge < -0.3 is 18.1 Å². The Morgan fingerprint density at radius 2 is 1.30 bits per heavy atom. The van der Waals surface area contributed by atoms with Gasteiger partial charge in [0.1, 0.15) is 0 Å². The van der Waals surface area contributed by atoms with E-state index in [0.29, 0.717) is 5.58 Å². The molecule has 231 valence electrons. The molecule has 0 aliphatic rings. The molecule has 9 heteroatoms. The molecule has 8 rings (SSSR count). The first-order valence-corrected chi connectivity index (χ1v) is 14.7. The number of aryl methyl sites for hydroxylation is 5. The molecule has 0 N–H and O–H groups in total. The quantitative estimate of drug-likeness (QED) is 0.170. The molecular weight excluding hydrogens is 751 g/mol. The van der Waals surface area contributed by atoms with Gasteiger partial charge in [-0.2, -0.15) is 0 Å². The second-order valence-corrected chi connectivity index (χ2v) is 11.1. The van der Waals surface area contributed by atoms with E-state index in [9.17, 15) is 0 Å². The number of hydrogen-bond donors (Lipinski definition) is 0. The maximum absolute atomic E-state index is 5.53. The van der Waals surface area contributed by atoms with E-state index in [4.69, 9.17) is 4.42 Å². The molecule has 46 heavy (non-hydrogen) atoms. The Morgan fingerprint density at radius 1 is 0.696 bits per heavy atom. The van der Waals surface area contributed by atoms with Gasteiger partial charge in [-0.25, -0.2) is 4.98 Å². The van der Waals surface area contributed by atoms with Gasteiger partial charge in [0.2, 0.25) is 0 Å². The van der Waals surface area contributed by atoms with Crippen molar-refractivity contribution in [3.8, 4) is 34.2 Å². The summed E-state index contributed by atoms with van der Waals surface area (Å²) in [7, 11) is 1.99. The summed E-state index contributed by atoms with van der Waals surface area (Å²) in [5.41, 5.74) is 12.5. The average Bonchev–Trinajstić information content (AvgIpc) is 3.85. The predicted molar refractivity (Wildman–Crippen MR) is 176 cm³/mol. The smallest absolute Gasteiger partial charge is 0.169 e. The van der Waals surface area contributed by atoms with Crippen LogP contribution in [0.3, 0.4) is 0 Å². The summed E-state index contributed by atoms with van der Waals surface area (Å²) >= 11 is 0. The Labute approximate surface area is 280 Å². The number of rotatable bonds is 4. The average molecular weight is 782 g/mol.